The van der Waals surface area contributed by atoms with Gasteiger partial charge in [0.25, 0.3) is 0 Å². The van der Waals surface area contributed by atoms with Crippen LogP contribution < -0.4 is 11.5 Å². The van der Waals surface area contributed by atoms with Crippen molar-refractivity contribution in [3.8, 4) is 11.8 Å². The number of aliphatic hydroxyl groups excluding tert-OH is 5. The zero-order chi connectivity index (χ0) is 28.8. The SMILES string of the molecule is Nc1ncnc2c1ncn2[C@@H]1O[C@H](COCC#Cc2nc3c(N)ncnc3n2[C@@H]2O[C@H](CO)C(O)C2O)C(O)C1O. The van der Waals surface area contributed by atoms with Crippen molar-refractivity contribution in [2.45, 2.75) is 49.1 Å². The summed E-state index contributed by atoms with van der Waals surface area (Å²) in [6.07, 6.45) is -5.56. The first kappa shape index (κ1) is 27.1. The summed E-state index contributed by atoms with van der Waals surface area (Å²) in [5.41, 5.74) is 12.8. The molecule has 41 heavy (non-hydrogen) atoms. The molecule has 9 N–H and O–H groups in total. The largest absolute Gasteiger partial charge is 0.394 e. The molecule has 6 rings (SSSR count). The number of rotatable bonds is 6. The average molecular weight is 571 g/mol. The number of imidazole rings is 2. The Balaban J connectivity index is 1.16. The number of aromatic nitrogens is 8. The molecule has 216 valence electrons. The van der Waals surface area contributed by atoms with E-state index in [4.69, 9.17) is 25.7 Å². The maximum Gasteiger partial charge on any atom is 0.190 e. The molecule has 2 fully saturated rings. The minimum absolute atomic E-state index is 0.0695. The molecule has 18 heteroatoms. The van der Waals surface area contributed by atoms with Crippen LogP contribution in [0.3, 0.4) is 0 Å². The van der Waals surface area contributed by atoms with Crippen molar-refractivity contribution in [1.29, 1.82) is 0 Å². The summed E-state index contributed by atoms with van der Waals surface area (Å²) < 4.78 is 19.9. The molecule has 6 heterocycles. The van der Waals surface area contributed by atoms with E-state index in [2.05, 4.69) is 41.7 Å². The fourth-order valence-electron chi connectivity index (χ4n) is 4.84. The normalized spacial score (nSPS) is 29.8. The van der Waals surface area contributed by atoms with Gasteiger partial charge in [0.2, 0.25) is 0 Å². The molecule has 2 saturated heterocycles. The van der Waals surface area contributed by atoms with Crippen LogP contribution in [0, 0.1) is 11.8 Å². The summed E-state index contributed by atoms with van der Waals surface area (Å²) in [5.74, 6) is 5.91. The Hall–Kier alpha value is -4.06. The lowest BCUT2D eigenvalue weighted by Gasteiger charge is -2.17. The lowest BCUT2D eigenvalue weighted by molar-refractivity contribution is -0.0615. The molecular weight excluding hydrogens is 544 g/mol. The topological polar surface area (TPSA) is 268 Å². The van der Waals surface area contributed by atoms with Gasteiger partial charge in [0.05, 0.1) is 19.5 Å². The van der Waals surface area contributed by atoms with Crippen LogP contribution in [-0.2, 0) is 14.2 Å². The lowest BCUT2D eigenvalue weighted by atomic mass is 10.1. The van der Waals surface area contributed by atoms with E-state index < -0.39 is 55.7 Å². The molecule has 4 aromatic heterocycles. The van der Waals surface area contributed by atoms with Gasteiger partial charge in [-0.2, -0.15) is 0 Å². The molecule has 8 atom stereocenters. The maximum absolute atomic E-state index is 10.6. The Morgan fingerprint density at radius 3 is 2.22 bits per heavy atom. The van der Waals surface area contributed by atoms with Crippen LogP contribution in [0.15, 0.2) is 19.0 Å². The van der Waals surface area contributed by atoms with E-state index in [1.54, 1.807) is 0 Å². The lowest BCUT2D eigenvalue weighted by Crippen LogP contribution is -2.33. The van der Waals surface area contributed by atoms with Gasteiger partial charge in [0.1, 0.15) is 61.4 Å². The van der Waals surface area contributed by atoms with Crippen LogP contribution in [0.2, 0.25) is 0 Å². The smallest absolute Gasteiger partial charge is 0.190 e. The quantitative estimate of drug-likeness (QED) is 0.0872. The van der Waals surface area contributed by atoms with Gasteiger partial charge in [0, 0.05) is 0 Å². The van der Waals surface area contributed by atoms with Crippen molar-refractivity contribution in [2.24, 2.45) is 0 Å². The number of anilines is 2. The van der Waals surface area contributed by atoms with Gasteiger partial charge >= 0.3 is 0 Å². The molecule has 2 aliphatic heterocycles. The van der Waals surface area contributed by atoms with Crippen LogP contribution in [-0.4, -0.2) is 121 Å². The molecule has 0 bridgehead atoms. The number of fused-ring (bicyclic) bond motifs is 2. The van der Waals surface area contributed by atoms with Crippen molar-refractivity contribution in [1.82, 2.24) is 39.0 Å². The summed E-state index contributed by atoms with van der Waals surface area (Å²) >= 11 is 0. The number of hydrogen-bond acceptors (Lipinski definition) is 16. The predicted octanol–water partition coefficient (Wildman–Crippen LogP) is -3.57. The Morgan fingerprint density at radius 1 is 0.829 bits per heavy atom. The van der Waals surface area contributed by atoms with Gasteiger partial charge in [0.15, 0.2) is 46.7 Å². The Bertz CT molecular complexity index is 1640. The summed E-state index contributed by atoms with van der Waals surface area (Å²) in [6.45, 7) is -0.765. The highest BCUT2D eigenvalue weighted by molar-refractivity contribution is 5.82. The van der Waals surface area contributed by atoms with Crippen LogP contribution >= 0.6 is 0 Å². The molecule has 0 aromatic carbocycles. The van der Waals surface area contributed by atoms with Crippen molar-refractivity contribution in [3.05, 3.63) is 24.8 Å². The summed E-state index contributed by atoms with van der Waals surface area (Å²) in [7, 11) is 0. The van der Waals surface area contributed by atoms with Crippen molar-refractivity contribution in [3.63, 3.8) is 0 Å². The first-order valence-electron chi connectivity index (χ1n) is 12.4. The van der Waals surface area contributed by atoms with Crippen molar-refractivity contribution in [2.75, 3.05) is 31.3 Å². The van der Waals surface area contributed by atoms with Gasteiger partial charge in [-0.25, -0.2) is 29.9 Å². The second-order valence-electron chi connectivity index (χ2n) is 9.41. The van der Waals surface area contributed by atoms with Crippen LogP contribution in [0.25, 0.3) is 22.3 Å². The van der Waals surface area contributed by atoms with Gasteiger partial charge in [-0.15, -0.1) is 0 Å². The molecular formula is C23H26N10O8. The van der Waals surface area contributed by atoms with Crippen LogP contribution in [0.4, 0.5) is 11.6 Å². The predicted molar refractivity (Wildman–Crippen MR) is 136 cm³/mol. The highest BCUT2D eigenvalue weighted by atomic mass is 16.6. The fraction of sp³-hybridized carbons (Fsp3) is 0.478. The van der Waals surface area contributed by atoms with Crippen LogP contribution in [0.5, 0.6) is 0 Å². The molecule has 0 radical (unpaired) electrons. The molecule has 18 nitrogen and oxygen atoms in total. The zero-order valence-electron chi connectivity index (χ0n) is 21.2. The fourth-order valence-corrected chi connectivity index (χ4v) is 4.84. The molecule has 2 aliphatic rings. The van der Waals surface area contributed by atoms with E-state index in [-0.39, 0.29) is 41.8 Å². The second kappa shape index (κ2) is 10.7. The highest BCUT2D eigenvalue weighted by Crippen LogP contribution is 2.34. The van der Waals surface area contributed by atoms with Gasteiger partial charge in [-0.05, 0) is 5.92 Å². The standard InChI is InChI=1S/C23H26N10O8/c24-18-12-20(28-6-26-18)32(8-30-12)22-16(37)15(36)10(41-22)5-39-3-1-2-11-31-13-19(25)27-7-29-21(13)33(11)23-17(38)14(35)9(4-34)40-23/h6-10,14-17,22-23,34-38H,3-5H2,(H2,24,26,28)(H2,25,27,29)/t9-,10-,14?,15?,16?,17?,22-,23-/m1/s1. The van der Waals surface area contributed by atoms with Crippen LogP contribution in [0.1, 0.15) is 18.3 Å². The van der Waals surface area contributed by atoms with E-state index >= 15 is 0 Å². The molecule has 4 unspecified atom stereocenters. The average Bonchev–Trinajstić information content (AvgIpc) is 3.70. The molecule has 0 aliphatic carbocycles. The van der Waals surface area contributed by atoms with E-state index in [0.29, 0.717) is 11.2 Å². The van der Waals surface area contributed by atoms with E-state index in [0.717, 1.165) is 0 Å². The number of aliphatic hydroxyl groups is 5. The van der Waals surface area contributed by atoms with E-state index in [9.17, 15) is 25.5 Å². The molecule has 0 spiro atoms. The number of ether oxygens (including phenoxy) is 3. The summed E-state index contributed by atoms with van der Waals surface area (Å²) in [6, 6.07) is 0. The number of nitrogens with two attached hydrogens (primary N) is 2. The molecule has 0 amide bonds. The zero-order valence-corrected chi connectivity index (χ0v) is 21.2. The van der Waals surface area contributed by atoms with Crippen molar-refractivity contribution >= 4 is 34.0 Å². The Labute approximate surface area is 230 Å². The third kappa shape index (κ3) is 4.59. The first-order valence-corrected chi connectivity index (χ1v) is 12.4. The third-order valence-electron chi connectivity index (χ3n) is 6.93. The first-order chi connectivity index (χ1) is 19.8. The minimum Gasteiger partial charge on any atom is -0.394 e. The van der Waals surface area contributed by atoms with Gasteiger partial charge in [-0.3, -0.25) is 9.13 Å². The van der Waals surface area contributed by atoms with Gasteiger partial charge < -0.3 is 51.2 Å². The number of nitrogens with zero attached hydrogens (tertiary/aromatic N) is 8. The Morgan fingerprint density at radius 2 is 1.49 bits per heavy atom. The Kier molecular flexibility index (Phi) is 7.10. The minimum atomic E-state index is -1.41. The van der Waals surface area contributed by atoms with E-state index in [1.807, 2.05) is 0 Å². The number of nitrogen functional groups attached to an aromatic ring is 2. The van der Waals surface area contributed by atoms with E-state index in [1.165, 1.54) is 28.1 Å². The number of hydrogen-bond donors (Lipinski definition) is 7. The van der Waals surface area contributed by atoms with Gasteiger partial charge in [-0.1, -0.05) is 5.92 Å². The summed E-state index contributed by atoms with van der Waals surface area (Å²) in [5, 5.41) is 51.4. The van der Waals surface area contributed by atoms with Crippen molar-refractivity contribution < 1.29 is 39.7 Å². The molecule has 4 aromatic rings. The monoisotopic (exact) mass is 570 g/mol. The summed E-state index contributed by atoms with van der Waals surface area (Å²) in [4.78, 5) is 24.6. The maximum atomic E-state index is 10.6. The second-order valence-corrected chi connectivity index (χ2v) is 9.41. The molecule has 0 saturated carbocycles. The highest BCUT2D eigenvalue weighted by Gasteiger charge is 2.45. The third-order valence-corrected chi connectivity index (χ3v) is 6.93.